The van der Waals surface area contributed by atoms with Crippen molar-refractivity contribution in [1.29, 1.82) is 0 Å². The van der Waals surface area contributed by atoms with Gasteiger partial charge in [-0.2, -0.15) is 0 Å². The van der Waals surface area contributed by atoms with Crippen LogP contribution in [0.15, 0.2) is 178 Å². The third-order valence-electron chi connectivity index (χ3n) is 8.71. The standard InChI is InChI=1S/C45H31N3O/c46-44(40-27-33-13-4-5-15-36(33)37-16-6-7-17-38(37)40)48-45(47-28-35-14-10-20-42-43(35)39-18-8-9-19-41(39)49-42)34-24-23-31-25-30(21-22-32(31)26-34)29-11-2-1-3-12-29/h1-27H,28H2,(H2,46,47,48)/i1D,2D,3D,8D,9D,11D,12D,14D,19D,20D. The lowest BCUT2D eigenvalue weighted by atomic mass is 9.96. The van der Waals surface area contributed by atoms with Gasteiger partial charge >= 0.3 is 0 Å². The maximum atomic E-state index is 8.93. The van der Waals surface area contributed by atoms with Crippen LogP contribution in [-0.4, -0.2) is 11.7 Å². The Morgan fingerprint density at radius 3 is 2.27 bits per heavy atom. The summed E-state index contributed by atoms with van der Waals surface area (Å²) in [6, 6.07) is 28.7. The number of para-hydroxylation sites is 1. The van der Waals surface area contributed by atoms with E-state index in [0.717, 1.165) is 32.3 Å². The normalized spacial score (nSPS) is 15.3. The highest BCUT2D eigenvalue weighted by molar-refractivity contribution is 6.21. The fourth-order valence-electron chi connectivity index (χ4n) is 6.38. The number of nitrogens with two attached hydrogens (primary N) is 1. The molecule has 1 aromatic heterocycles. The average molecular weight is 640 g/mol. The molecule has 0 saturated heterocycles. The molecule has 0 radical (unpaired) electrons. The van der Waals surface area contributed by atoms with Crippen LogP contribution < -0.4 is 5.73 Å². The van der Waals surface area contributed by atoms with E-state index >= 15 is 0 Å². The summed E-state index contributed by atoms with van der Waals surface area (Å²) < 4.78 is 89.7. The Morgan fingerprint density at radius 2 is 1.37 bits per heavy atom. The third kappa shape index (κ3) is 5.20. The largest absolute Gasteiger partial charge is 0.456 e. The smallest absolute Gasteiger partial charge is 0.157 e. The topological polar surface area (TPSA) is 63.9 Å². The summed E-state index contributed by atoms with van der Waals surface area (Å²) in [5, 5.41) is 6.10. The number of hydrogen-bond donors (Lipinski definition) is 1. The van der Waals surface area contributed by atoms with Crippen LogP contribution in [0.25, 0.3) is 65.4 Å². The van der Waals surface area contributed by atoms with E-state index in [9.17, 15) is 0 Å². The molecule has 49 heavy (non-hydrogen) atoms. The molecule has 0 spiro atoms. The second kappa shape index (κ2) is 11.9. The van der Waals surface area contributed by atoms with Gasteiger partial charge in [0, 0.05) is 21.9 Å². The average Bonchev–Trinajstić information content (AvgIpc) is 3.62. The van der Waals surface area contributed by atoms with E-state index in [1.165, 1.54) is 12.1 Å². The number of rotatable bonds is 5. The number of furan rings is 1. The molecule has 9 aromatic rings. The van der Waals surface area contributed by atoms with Crippen molar-refractivity contribution in [3.8, 4) is 11.1 Å². The molecule has 9 rings (SSSR count). The van der Waals surface area contributed by atoms with Gasteiger partial charge in [0.2, 0.25) is 0 Å². The number of amidine groups is 2. The lowest BCUT2D eigenvalue weighted by molar-refractivity contribution is 0.668. The summed E-state index contributed by atoms with van der Waals surface area (Å²) >= 11 is 0. The van der Waals surface area contributed by atoms with E-state index < -0.39 is 18.1 Å². The highest BCUT2D eigenvalue weighted by Gasteiger charge is 2.14. The minimum Gasteiger partial charge on any atom is -0.456 e. The van der Waals surface area contributed by atoms with Crippen molar-refractivity contribution in [1.82, 2.24) is 0 Å². The molecule has 4 nitrogen and oxygen atoms in total. The number of aliphatic imine (C=N–C) groups is 2. The second-order valence-corrected chi connectivity index (χ2v) is 11.6. The van der Waals surface area contributed by atoms with Crippen LogP contribution in [0.2, 0.25) is 0 Å². The fraction of sp³-hybridized carbons (Fsp3) is 0.0222. The van der Waals surface area contributed by atoms with Crippen LogP contribution in [0.1, 0.15) is 30.4 Å². The summed E-state index contributed by atoms with van der Waals surface area (Å²) in [4.78, 5) is 9.93. The summed E-state index contributed by atoms with van der Waals surface area (Å²) in [6.45, 7) is -0.120. The molecule has 0 unspecified atom stereocenters. The maximum Gasteiger partial charge on any atom is 0.157 e. The van der Waals surface area contributed by atoms with Gasteiger partial charge in [0.05, 0.1) is 20.3 Å². The predicted molar refractivity (Wildman–Crippen MR) is 206 cm³/mol. The van der Waals surface area contributed by atoms with Crippen molar-refractivity contribution in [3.63, 3.8) is 0 Å². The molecule has 1 heterocycles. The highest BCUT2D eigenvalue weighted by atomic mass is 16.3. The van der Waals surface area contributed by atoms with Crippen LogP contribution in [0.4, 0.5) is 0 Å². The van der Waals surface area contributed by atoms with Gasteiger partial charge in [0.1, 0.15) is 17.0 Å². The Kier molecular flexibility index (Phi) is 4.87. The van der Waals surface area contributed by atoms with Crippen molar-refractivity contribution < 1.29 is 18.1 Å². The minimum absolute atomic E-state index is 0.00234. The zero-order valence-electron chi connectivity index (χ0n) is 35.9. The van der Waals surface area contributed by atoms with Gasteiger partial charge in [-0.3, -0.25) is 4.99 Å². The molecule has 0 aliphatic rings. The first kappa shape index (κ1) is 20.0. The van der Waals surface area contributed by atoms with Crippen molar-refractivity contribution in [2.24, 2.45) is 15.7 Å². The lowest BCUT2D eigenvalue weighted by Gasteiger charge is -2.12. The molecule has 0 atom stereocenters. The van der Waals surface area contributed by atoms with Crippen LogP contribution in [0.3, 0.4) is 0 Å². The maximum absolute atomic E-state index is 8.93. The van der Waals surface area contributed by atoms with Crippen molar-refractivity contribution in [2.45, 2.75) is 6.54 Å². The van der Waals surface area contributed by atoms with Crippen LogP contribution in [0.5, 0.6) is 0 Å². The third-order valence-corrected chi connectivity index (χ3v) is 8.71. The summed E-state index contributed by atoms with van der Waals surface area (Å²) in [6.07, 6.45) is 0. The Morgan fingerprint density at radius 1 is 0.592 bits per heavy atom. The van der Waals surface area contributed by atoms with E-state index in [1.807, 2.05) is 60.7 Å². The molecule has 2 N–H and O–H groups in total. The first-order chi connectivity index (χ1) is 28.3. The Hall–Kier alpha value is -6.52. The number of fused-ring (bicyclic) bond motifs is 7. The molecule has 8 aromatic carbocycles. The van der Waals surface area contributed by atoms with E-state index in [0.29, 0.717) is 33.0 Å². The van der Waals surface area contributed by atoms with Gasteiger partial charge in [-0.1, -0.05) is 133 Å². The molecule has 232 valence electrons. The predicted octanol–water partition coefficient (Wildman–Crippen LogP) is 11.1. The van der Waals surface area contributed by atoms with Crippen LogP contribution >= 0.6 is 0 Å². The van der Waals surface area contributed by atoms with E-state index in [4.69, 9.17) is 33.8 Å². The number of nitrogens with zero attached hydrogens (tertiary/aromatic N) is 2. The van der Waals surface area contributed by atoms with Crippen molar-refractivity contribution >= 4 is 65.9 Å². The number of benzene rings is 8. The molecular weight excluding hydrogens is 599 g/mol. The zero-order valence-corrected chi connectivity index (χ0v) is 25.9. The number of hydrogen-bond acceptors (Lipinski definition) is 2. The van der Waals surface area contributed by atoms with Crippen molar-refractivity contribution in [3.05, 3.63) is 180 Å². The van der Waals surface area contributed by atoms with Gasteiger partial charge in [-0.15, -0.1) is 0 Å². The molecule has 0 aliphatic carbocycles. The second-order valence-electron chi connectivity index (χ2n) is 11.6. The van der Waals surface area contributed by atoms with Crippen molar-refractivity contribution in [2.75, 3.05) is 0 Å². The first-order valence-electron chi connectivity index (χ1n) is 20.7. The van der Waals surface area contributed by atoms with E-state index in [2.05, 4.69) is 6.07 Å². The summed E-state index contributed by atoms with van der Waals surface area (Å²) in [5.74, 6) is 0.414. The lowest BCUT2D eigenvalue weighted by Crippen LogP contribution is -2.17. The Bertz CT molecular complexity index is 3310. The van der Waals surface area contributed by atoms with Gasteiger partial charge < -0.3 is 10.2 Å². The van der Waals surface area contributed by atoms with Crippen LogP contribution in [0, 0.1) is 0 Å². The van der Waals surface area contributed by atoms with E-state index in [-0.39, 0.29) is 77.2 Å². The summed E-state index contributed by atoms with van der Waals surface area (Å²) in [7, 11) is 0. The SMILES string of the molecule is [2H]c1cc2c(oc3c([2H])cc([2H])c(CN=C(N=C(N)c4cc5ccccc5c5ccccc45)c4ccc5cc(-c6c([2H])c([2H])c([2H])c([2H])c6[2H])ccc5c4)c32)c([2H])c1[2H]. The van der Waals surface area contributed by atoms with Gasteiger partial charge in [0.25, 0.3) is 0 Å². The fourth-order valence-corrected chi connectivity index (χ4v) is 6.38. The molecule has 0 saturated carbocycles. The van der Waals surface area contributed by atoms with Gasteiger partial charge in [-0.05, 0) is 79.3 Å². The Labute approximate surface area is 297 Å². The highest BCUT2D eigenvalue weighted by Crippen LogP contribution is 2.33. The summed E-state index contributed by atoms with van der Waals surface area (Å²) in [5.41, 5.74) is 9.28. The van der Waals surface area contributed by atoms with Gasteiger partial charge in [0.15, 0.2) is 5.84 Å². The monoisotopic (exact) mass is 639 g/mol. The molecule has 0 aliphatic heterocycles. The molecule has 4 heteroatoms. The van der Waals surface area contributed by atoms with E-state index in [1.54, 1.807) is 24.3 Å². The first-order valence-corrected chi connectivity index (χ1v) is 15.7. The minimum atomic E-state index is -0.461. The Balaban J connectivity index is 1.23. The molecule has 0 amide bonds. The zero-order chi connectivity index (χ0) is 41.4. The molecular formula is C45H31N3O. The molecule has 0 bridgehead atoms. The quantitative estimate of drug-likeness (QED) is 0.116. The van der Waals surface area contributed by atoms with Gasteiger partial charge in [-0.25, -0.2) is 4.99 Å². The molecule has 0 fully saturated rings. The van der Waals surface area contributed by atoms with Crippen LogP contribution in [-0.2, 0) is 6.54 Å².